The van der Waals surface area contributed by atoms with Crippen molar-refractivity contribution in [3.8, 4) is 0 Å². The molecule has 6 heteroatoms. The van der Waals surface area contributed by atoms with Gasteiger partial charge >= 0.3 is 5.97 Å². The van der Waals surface area contributed by atoms with Crippen LogP contribution >= 0.6 is 11.6 Å². The molecule has 2 aromatic carbocycles. The van der Waals surface area contributed by atoms with Crippen molar-refractivity contribution in [2.45, 2.75) is 0 Å². The lowest BCUT2D eigenvalue weighted by atomic mass is 10.2. The van der Waals surface area contributed by atoms with E-state index in [9.17, 15) is 14.0 Å². The Morgan fingerprint density at radius 1 is 1.14 bits per heavy atom. The van der Waals surface area contributed by atoms with E-state index < -0.39 is 11.9 Å². The summed E-state index contributed by atoms with van der Waals surface area (Å²) in [7, 11) is 0. The Hall–Kier alpha value is -2.66. The molecule has 0 radical (unpaired) electrons. The van der Waals surface area contributed by atoms with Gasteiger partial charge in [-0.1, -0.05) is 23.7 Å². The molecule has 22 heavy (non-hydrogen) atoms. The fraction of sp³-hybridized carbons (Fsp3) is 0. The molecule has 0 aliphatic rings. The van der Waals surface area contributed by atoms with Crippen molar-refractivity contribution >= 4 is 35.2 Å². The monoisotopic (exact) mass is 319 g/mol. The highest BCUT2D eigenvalue weighted by atomic mass is 35.5. The first kappa shape index (κ1) is 15.7. The van der Waals surface area contributed by atoms with Crippen molar-refractivity contribution < 1.29 is 19.1 Å². The van der Waals surface area contributed by atoms with Crippen molar-refractivity contribution in [1.29, 1.82) is 0 Å². The summed E-state index contributed by atoms with van der Waals surface area (Å²) < 4.78 is 12.8. The fourth-order valence-electron chi connectivity index (χ4n) is 1.67. The van der Waals surface area contributed by atoms with E-state index in [1.54, 1.807) is 0 Å². The molecule has 1 amide bonds. The fourth-order valence-corrected chi connectivity index (χ4v) is 1.84. The number of hydrogen-bond acceptors (Lipinski definition) is 2. The van der Waals surface area contributed by atoms with Crippen LogP contribution in [0.15, 0.2) is 48.5 Å². The highest BCUT2D eigenvalue weighted by Crippen LogP contribution is 2.23. The second-order valence-corrected chi connectivity index (χ2v) is 4.78. The van der Waals surface area contributed by atoms with Crippen molar-refractivity contribution in [1.82, 2.24) is 0 Å². The van der Waals surface area contributed by atoms with Gasteiger partial charge in [0.05, 0.1) is 16.3 Å². The van der Waals surface area contributed by atoms with Crippen LogP contribution in [-0.4, -0.2) is 17.0 Å². The van der Waals surface area contributed by atoms with Crippen LogP contribution in [0.2, 0.25) is 5.02 Å². The minimum Gasteiger partial charge on any atom is -0.478 e. The molecule has 0 aromatic heterocycles. The molecule has 112 valence electrons. The van der Waals surface area contributed by atoms with Crippen molar-refractivity contribution in [3.05, 3.63) is 70.5 Å². The standard InChI is InChI=1S/C16H11ClFNO3/c17-13-7-4-11(16(21)22)9-14(13)19-15(20)8-3-10-1-5-12(18)6-2-10/h1-9H,(H,19,20)(H,21,22)/b8-3+. The SMILES string of the molecule is O=C(/C=C/c1ccc(F)cc1)Nc1cc(C(=O)O)ccc1Cl. The molecule has 2 N–H and O–H groups in total. The molecule has 2 rings (SSSR count). The minimum absolute atomic E-state index is 0.0159. The molecule has 0 spiro atoms. The zero-order chi connectivity index (χ0) is 16.1. The Labute approximate surface area is 130 Å². The number of amides is 1. The third kappa shape index (κ3) is 4.17. The predicted molar refractivity (Wildman–Crippen MR) is 82.5 cm³/mol. The van der Waals surface area contributed by atoms with Gasteiger partial charge in [0, 0.05) is 6.08 Å². The van der Waals surface area contributed by atoms with Crippen molar-refractivity contribution in [3.63, 3.8) is 0 Å². The van der Waals surface area contributed by atoms with Gasteiger partial charge in [0.25, 0.3) is 0 Å². The molecular weight excluding hydrogens is 309 g/mol. The molecular formula is C16H11ClFNO3. The molecule has 4 nitrogen and oxygen atoms in total. The van der Waals surface area contributed by atoms with E-state index in [1.165, 1.54) is 54.6 Å². The Morgan fingerprint density at radius 2 is 1.82 bits per heavy atom. The lowest BCUT2D eigenvalue weighted by Gasteiger charge is -2.06. The average molecular weight is 320 g/mol. The molecule has 0 aliphatic heterocycles. The third-order valence-corrected chi connectivity index (χ3v) is 3.10. The normalized spacial score (nSPS) is 10.6. The first-order valence-electron chi connectivity index (χ1n) is 6.23. The Bertz CT molecular complexity index is 742. The summed E-state index contributed by atoms with van der Waals surface area (Å²) in [6.45, 7) is 0. The van der Waals surface area contributed by atoms with Crippen LogP contribution in [0.3, 0.4) is 0 Å². The highest BCUT2D eigenvalue weighted by Gasteiger charge is 2.08. The van der Waals surface area contributed by atoms with Gasteiger partial charge < -0.3 is 10.4 Å². The van der Waals surface area contributed by atoms with E-state index in [2.05, 4.69) is 5.32 Å². The van der Waals surface area contributed by atoms with Gasteiger partial charge in [-0.05, 0) is 42.0 Å². The summed E-state index contributed by atoms with van der Waals surface area (Å²) in [5.41, 5.74) is 0.875. The van der Waals surface area contributed by atoms with E-state index >= 15 is 0 Å². The quantitative estimate of drug-likeness (QED) is 0.842. The smallest absolute Gasteiger partial charge is 0.335 e. The zero-order valence-corrected chi connectivity index (χ0v) is 12.0. The third-order valence-electron chi connectivity index (χ3n) is 2.77. The molecule has 0 saturated carbocycles. The maximum absolute atomic E-state index is 12.8. The second kappa shape index (κ2) is 6.87. The number of rotatable bonds is 4. The maximum Gasteiger partial charge on any atom is 0.335 e. The van der Waals surface area contributed by atoms with Crippen LogP contribution < -0.4 is 5.32 Å². The Morgan fingerprint density at radius 3 is 2.45 bits per heavy atom. The van der Waals surface area contributed by atoms with Crippen molar-refractivity contribution in [2.75, 3.05) is 5.32 Å². The molecule has 0 atom stereocenters. The number of nitrogens with one attached hydrogen (secondary N) is 1. The number of carboxylic acid groups (broad SMARTS) is 1. The van der Waals surface area contributed by atoms with Gasteiger partial charge in [-0.15, -0.1) is 0 Å². The first-order valence-corrected chi connectivity index (χ1v) is 6.61. The Kier molecular flexibility index (Phi) is 4.91. The maximum atomic E-state index is 12.8. The largest absolute Gasteiger partial charge is 0.478 e. The van der Waals surface area contributed by atoms with E-state index in [4.69, 9.17) is 16.7 Å². The summed E-state index contributed by atoms with van der Waals surface area (Å²) in [6, 6.07) is 9.62. The second-order valence-electron chi connectivity index (χ2n) is 4.37. The van der Waals surface area contributed by atoms with Gasteiger partial charge in [0.1, 0.15) is 5.82 Å². The Balaban J connectivity index is 2.10. The van der Waals surface area contributed by atoms with Crippen LogP contribution in [-0.2, 0) is 4.79 Å². The van der Waals surface area contributed by atoms with E-state index in [0.29, 0.717) is 5.56 Å². The van der Waals surface area contributed by atoms with Crippen molar-refractivity contribution in [2.24, 2.45) is 0 Å². The van der Waals surface area contributed by atoms with E-state index in [1.807, 2.05) is 0 Å². The van der Waals surface area contributed by atoms with Crippen LogP contribution in [0.4, 0.5) is 10.1 Å². The molecule has 0 saturated heterocycles. The molecule has 0 fully saturated rings. The summed E-state index contributed by atoms with van der Waals surface area (Å²) in [4.78, 5) is 22.7. The molecule has 0 aliphatic carbocycles. The molecule has 0 unspecified atom stereocenters. The van der Waals surface area contributed by atoms with Crippen LogP contribution in [0.25, 0.3) is 6.08 Å². The van der Waals surface area contributed by atoms with E-state index in [-0.39, 0.29) is 22.1 Å². The summed E-state index contributed by atoms with van der Waals surface area (Å²) in [5, 5.41) is 11.6. The molecule has 0 heterocycles. The predicted octanol–water partition coefficient (Wildman–Crippen LogP) is 3.83. The van der Waals surface area contributed by atoms with Crippen LogP contribution in [0.1, 0.15) is 15.9 Å². The number of hydrogen-bond donors (Lipinski definition) is 2. The number of benzene rings is 2. The summed E-state index contributed by atoms with van der Waals surface area (Å²) in [5.74, 6) is -1.96. The lowest BCUT2D eigenvalue weighted by molar-refractivity contribution is -0.111. The van der Waals surface area contributed by atoms with Gasteiger partial charge in [0.15, 0.2) is 0 Å². The number of anilines is 1. The highest BCUT2D eigenvalue weighted by molar-refractivity contribution is 6.34. The number of halogens is 2. The molecule has 0 bridgehead atoms. The number of carbonyl (C=O) groups excluding carboxylic acids is 1. The van der Waals surface area contributed by atoms with Crippen LogP contribution in [0.5, 0.6) is 0 Å². The average Bonchev–Trinajstić information content (AvgIpc) is 2.48. The van der Waals surface area contributed by atoms with Gasteiger partial charge in [-0.3, -0.25) is 4.79 Å². The first-order chi connectivity index (χ1) is 10.5. The van der Waals surface area contributed by atoms with E-state index in [0.717, 1.165) is 0 Å². The number of carboxylic acids is 1. The minimum atomic E-state index is -1.12. The topological polar surface area (TPSA) is 66.4 Å². The van der Waals surface area contributed by atoms with Gasteiger partial charge in [-0.2, -0.15) is 0 Å². The summed E-state index contributed by atoms with van der Waals surface area (Å²) in [6.07, 6.45) is 2.75. The number of aromatic carboxylic acids is 1. The summed E-state index contributed by atoms with van der Waals surface area (Å²) >= 11 is 5.91. The van der Waals surface area contributed by atoms with Gasteiger partial charge in [0.2, 0.25) is 5.91 Å². The lowest BCUT2D eigenvalue weighted by Crippen LogP contribution is -2.09. The number of carbonyl (C=O) groups is 2. The van der Waals surface area contributed by atoms with Gasteiger partial charge in [-0.25, -0.2) is 9.18 Å². The molecule has 2 aromatic rings. The zero-order valence-electron chi connectivity index (χ0n) is 11.2. The van der Waals surface area contributed by atoms with Crippen LogP contribution in [0, 0.1) is 5.82 Å².